The molecule has 176 valence electrons. The topological polar surface area (TPSA) is 108 Å². The van der Waals surface area contributed by atoms with E-state index < -0.39 is 34.9 Å². The van der Waals surface area contributed by atoms with Gasteiger partial charge in [-0.05, 0) is 64.7 Å². The molecule has 2 heterocycles. The fourth-order valence-electron chi connectivity index (χ4n) is 4.13. The smallest absolute Gasteiger partial charge is 0.309 e. The van der Waals surface area contributed by atoms with Gasteiger partial charge >= 0.3 is 5.97 Å². The van der Waals surface area contributed by atoms with Crippen molar-refractivity contribution >= 4 is 29.2 Å². The van der Waals surface area contributed by atoms with Crippen molar-refractivity contribution in [3.8, 4) is 0 Å². The summed E-state index contributed by atoms with van der Waals surface area (Å²) >= 11 is 0. The van der Waals surface area contributed by atoms with Gasteiger partial charge in [-0.15, -0.1) is 0 Å². The van der Waals surface area contributed by atoms with Gasteiger partial charge in [0.25, 0.3) is 0 Å². The van der Waals surface area contributed by atoms with Crippen molar-refractivity contribution in [1.82, 2.24) is 5.32 Å². The second-order valence-electron chi connectivity index (χ2n) is 9.64. The van der Waals surface area contributed by atoms with Crippen LogP contribution in [0.25, 0.3) is 0 Å². The highest BCUT2D eigenvalue weighted by Gasteiger charge is 2.35. The van der Waals surface area contributed by atoms with Crippen molar-refractivity contribution < 1.29 is 28.6 Å². The first-order valence-corrected chi connectivity index (χ1v) is 11.0. The van der Waals surface area contributed by atoms with Gasteiger partial charge in [-0.25, -0.2) is 4.39 Å². The Kier molecular flexibility index (Phi) is 7.07. The Morgan fingerprint density at radius 1 is 1.31 bits per heavy atom. The van der Waals surface area contributed by atoms with Gasteiger partial charge in [0.05, 0.1) is 17.7 Å². The van der Waals surface area contributed by atoms with Crippen molar-refractivity contribution in [3.05, 3.63) is 24.0 Å². The van der Waals surface area contributed by atoms with Gasteiger partial charge in [0, 0.05) is 25.2 Å². The van der Waals surface area contributed by atoms with Gasteiger partial charge in [0.1, 0.15) is 17.5 Å². The fourth-order valence-corrected chi connectivity index (χ4v) is 4.13. The Morgan fingerprint density at radius 2 is 2.06 bits per heavy atom. The molecule has 1 aromatic carbocycles. The highest BCUT2D eigenvalue weighted by Crippen LogP contribution is 2.31. The molecular formula is C23H32FN3O5. The number of ether oxygens (including phenoxy) is 1. The number of carbonyl (C=O) groups excluding carboxylic acids is 3. The second kappa shape index (κ2) is 9.44. The van der Waals surface area contributed by atoms with Crippen LogP contribution in [-0.4, -0.2) is 53.2 Å². The molecule has 2 amide bonds. The lowest BCUT2D eigenvalue weighted by Crippen LogP contribution is -2.47. The predicted octanol–water partition coefficient (Wildman–Crippen LogP) is 2.50. The molecule has 0 spiro atoms. The van der Waals surface area contributed by atoms with Crippen LogP contribution >= 0.6 is 0 Å². The molecule has 0 bridgehead atoms. The molecule has 32 heavy (non-hydrogen) atoms. The Labute approximate surface area is 187 Å². The molecule has 0 radical (unpaired) electrons. The van der Waals surface area contributed by atoms with E-state index >= 15 is 0 Å². The van der Waals surface area contributed by atoms with E-state index in [1.54, 1.807) is 32.9 Å². The predicted molar refractivity (Wildman–Crippen MR) is 118 cm³/mol. The normalized spacial score (nSPS) is 24.5. The lowest BCUT2D eigenvalue weighted by atomic mass is 9.91. The first-order valence-electron chi connectivity index (χ1n) is 11.0. The molecule has 2 atom stereocenters. The first kappa shape index (κ1) is 24.0. The maximum Gasteiger partial charge on any atom is 0.309 e. The summed E-state index contributed by atoms with van der Waals surface area (Å²) in [6.45, 7) is 6.30. The lowest BCUT2D eigenvalue weighted by molar-refractivity contribution is -0.160. The fraction of sp³-hybridized carbons (Fsp3) is 0.609. The number of anilines is 2. The number of nitrogens with zero attached hydrogens (tertiary/aromatic N) is 1. The van der Waals surface area contributed by atoms with E-state index in [1.165, 1.54) is 6.07 Å². The molecule has 2 aliphatic heterocycles. The molecule has 2 fully saturated rings. The molecule has 0 aromatic heterocycles. The zero-order valence-electron chi connectivity index (χ0n) is 18.9. The maximum absolute atomic E-state index is 14.9. The number of imide groups is 1. The number of rotatable bonds is 5. The van der Waals surface area contributed by atoms with Crippen molar-refractivity contribution in [3.63, 3.8) is 0 Å². The Morgan fingerprint density at radius 3 is 2.72 bits per heavy atom. The van der Waals surface area contributed by atoms with E-state index in [1.807, 2.05) is 4.90 Å². The van der Waals surface area contributed by atoms with Crippen LogP contribution < -0.4 is 15.5 Å². The first-order chi connectivity index (χ1) is 14.9. The van der Waals surface area contributed by atoms with E-state index in [0.29, 0.717) is 50.1 Å². The zero-order valence-corrected chi connectivity index (χ0v) is 18.9. The summed E-state index contributed by atoms with van der Waals surface area (Å²) in [6, 6.07) is 4.08. The number of piperidine rings is 1. The van der Waals surface area contributed by atoms with E-state index in [-0.39, 0.29) is 18.7 Å². The monoisotopic (exact) mass is 449 g/mol. The van der Waals surface area contributed by atoms with Gasteiger partial charge < -0.3 is 20.1 Å². The van der Waals surface area contributed by atoms with Crippen molar-refractivity contribution in [2.75, 3.05) is 23.3 Å². The minimum atomic E-state index is -1.18. The van der Waals surface area contributed by atoms with E-state index in [9.17, 15) is 23.9 Å². The molecule has 2 aliphatic rings. The van der Waals surface area contributed by atoms with Crippen molar-refractivity contribution in [2.45, 2.75) is 76.5 Å². The molecule has 3 N–H and O–H groups in total. The minimum Gasteiger partial charge on any atom is -0.460 e. The Bertz CT molecular complexity index is 885. The third kappa shape index (κ3) is 6.41. The molecule has 0 saturated carbocycles. The highest BCUT2D eigenvalue weighted by atomic mass is 19.1. The molecule has 0 unspecified atom stereocenters. The molecule has 0 aliphatic carbocycles. The number of hydrogen-bond donors (Lipinski definition) is 3. The van der Waals surface area contributed by atoms with Crippen LogP contribution in [0, 0.1) is 5.82 Å². The van der Waals surface area contributed by atoms with Crippen LogP contribution in [0.1, 0.15) is 59.3 Å². The quantitative estimate of drug-likeness (QED) is 0.468. The summed E-state index contributed by atoms with van der Waals surface area (Å²) in [5.74, 6) is -1.60. The molecule has 1 aromatic rings. The summed E-state index contributed by atoms with van der Waals surface area (Å²) in [5, 5.41) is 16.2. The largest absolute Gasteiger partial charge is 0.460 e. The summed E-state index contributed by atoms with van der Waals surface area (Å²) in [7, 11) is 0. The number of carbonyl (C=O) groups is 3. The maximum atomic E-state index is 14.9. The van der Waals surface area contributed by atoms with Crippen molar-refractivity contribution in [1.29, 1.82) is 0 Å². The van der Waals surface area contributed by atoms with E-state index in [4.69, 9.17) is 4.74 Å². The van der Waals surface area contributed by atoms with Crippen LogP contribution in [0.2, 0.25) is 0 Å². The van der Waals surface area contributed by atoms with Crippen LogP contribution in [0.5, 0.6) is 0 Å². The number of benzene rings is 1. The third-order valence-corrected chi connectivity index (χ3v) is 5.68. The standard InChI is InChI=1S/C23H32FN3O5/c1-22(2,3)32-20(29)14-23(31)9-4-11-27(12-10-23)18-7-5-15(13-16(18)24)25-17-6-8-19(28)26-21(17)30/h5,7,13,17,25,31H,4,6,8-12,14H2,1-3H3,(H,26,28,30)/t17-,23+/m1/s1. The number of halogens is 1. The lowest BCUT2D eigenvalue weighted by Gasteiger charge is -2.28. The number of hydrogen-bond acceptors (Lipinski definition) is 7. The summed E-state index contributed by atoms with van der Waals surface area (Å²) < 4.78 is 20.2. The summed E-state index contributed by atoms with van der Waals surface area (Å²) in [4.78, 5) is 37.2. The van der Waals surface area contributed by atoms with E-state index in [2.05, 4.69) is 10.6 Å². The number of nitrogens with one attached hydrogen (secondary N) is 2. The average molecular weight is 450 g/mol. The Hall–Kier alpha value is -2.68. The molecule has 3 rings (SSSR count). The molecule has 9 heteroatoms. The SMILES string of the molecule is CC(C)(C)OC(=O)C[C@]1(O)CCCN(c2ccc(N[C@@H]3CCC(=O)NC3=O)cc2F)CC1. The summed E-state index contributed by atoms with van der Waals surface area (Å²) in [6.07, 6.45) is 1.87. The summed E-state index contributed by atoms with van der Waals surface area (Å²) in [5.41, 5.74) is -0.935. The highest BCUT2D eigenvalue weighted by molar-refractivity contribution is 6.01. The van der Waals surface area contributed by atoms with Gasteiger partial charge in [-0.1, -0.05) is 0 Å². The number of amides is 2. The molecule has 8 nitrogen and oxygen atoms in total. The van der Waals surface area contributed by atoms with Crippen LogP contribution in [0.4, 0.5) is 15.8 Å². The van der Waals surface area contributed by atoms with Gasteiger partial charge in [0.15, 0.2) is 0 Å². The van der Waals surface area contributed by atoms with Gasteiger partial charge in [-0.3, -0.25) is 19.7 Å². The van der Waals surface area contributed by atoms with Crippen LogP contribution in [-0.2, 0) is 19.1 Å². The van der Waals surface area contributed by atoms with Gasteiger partial charge in [-0.2, -0.15) is 0 Å². The second-order valence-corrected chi connectivity index (χ2v) is 9.64. The van der Waals surface area contributed by atoms with Crippen LogP contribution in [0.3, 0.4) is 0 Å². The number of aliphatic hydroxyl groups is 1. The zero-order chi connectivity index (χ0) is 23.5. The third-order valence-electron chi connectivity index (χ3n) is 5.68. The van der Waals surface area contributed by atoms with Crippen LogP contribution in [0.15, 0.2) is 18.2 Å². The minimum absolute atomic E-state index is 0.0879. The number of esters is 1. The average Bonchev–Trinajstić information content (AvgIpc) is 2.84. The Balaban J connectivity index is 1.61. The molecule has 2 saturated heterocycles. The molecular weight excluding hydrogens is 417 g/mol. The van der Waals surface area contributed by atoms with Gasteiger partial charge in [0.2, 0.25) is 11.8 Å². The van der Waals surface area contributed by atoms with E-state index in [0.717, 1.165) is 0 Å². The van der Waals surface area contributed by atoms with Crippen molar-refractivity contribution in [2.24, 2.45) is 0 Å².